The maximum absolute atomic E-state index is 13.2. The van der Waals surface area contributed by atoms with E-state index >= 15 is 0 Å². The number of benzene rings is 1. The van der Waals surface area contributed by atoms with E-state index in [-0.39, 0.29) is 11.5 Å². The van der Waals surface area contributed by atoms with Crippen LogP contribution in [-0.4, -0.2) is 27.6 Å². The van der Waals surface area contributed by atoms with E-state index in [0.717, 1.165) is 28.1 Å². The largest absolute Gasteiger partial charge is 0.496 e. The molecule has 33 heavy (non-hydrogen) atoms. The molecule has 1 aliphatic rings. The smallest absolute Gasteiger partial charge is 0.277 e. The summed E-state index contributed by atoms with van der Waals surface area (Å²) in [6.45, 7) is 4.57. The zero-order chi connectivity index (χ0) is 23.5. The number of carbonyl (C=O) groups is 1. The van der Waals surface area contributed by atoms with Gasteiger partial charge >= 0.3 is 0 Å². The number of nitrogens with one attached hydrogen (secondary N) is 2. The lowest BCUT2D eigenvalue weighted by Crippen LogP contribution is -2.36. The van der Waals surface area contributed by atoms with Crippen molar-refractivity contribution < 1.29 is 9.53 Å². The second-order valence-electron chi connectivity index (χ2n) is 8.19. The maximum atomic E-state index is 13.2. The second-order valence-corrected chi connectivity index (χ2v) is 8.19. The molecular weight excluding hydrogens is 420 g/mol. The summed E-state index contributed by atoms with van der Waals surface area (Å²) in [5, 5.41) is 6.09. The number of nitrogens with two attached hydrogens (primary N) is 1. The lowest BCUT2D eigenvalue weighted by Gasteiger charge is -2.16. The third kappa shape index (κ3) is 4.67. The van der Waals surface area contributed by atoms with Crippen molar-refractivity contribution in [1.82, 2.24) is 19.9 Å². The molecule has 9 nitrogen and oxygen atoms in total. The van der Waals surface area contributed by atoms with Gasteiger partial charge in [-0.05, 0) is 38.0 Å². The summed E-state index contributed by atoms with van der Waals surface area (Å²) in [5.41, 5.74) is 9.46. The first kappa shape index (κ1) is 22.3. The van der Waals surface area contributed by atoms with Gasteiger partial charge in [0.05, 0.1) is 13.3 Å². The average molecular weight is 449 g/mol. The second kappa shape index (κ2) is 9.32. The van der Waals surface area contributed by atoms with Crippen molar-refractivity contribution in [2.45, 2.75) is 45.8 Å². The van der Waals surface area contributed by atoms with Gasteiger partial charge in [0.25, 0.3) is 5.56 Å². The third-order valence-corrected chi connectivity index (χ3v) is 5.90. The fourth-order valence-electron chi connectivity index (χ4n) is 4.11. The van der Waals surface area contributed by atoms with Crippen molar-refractivity contribution in [3.05, 3.63) is 75.1 Å². The summed E-state index contributed by atoms with van der Waals surface area (Å²) in [5.74, 6) is 1.58. The number of aromatic nitrogens is 3. The average Bonchev–Trinajstić information content (AvgIpc) is 3.23. The molecule has 1 amide bonds. The molecule has 1 aliphatic heterocycles. The fourth-order valence-corrected chi connectivity index (χ4v) is 4.11. The van der Waals surface area contributed by atoms with Crippen molar-refractivity contribution in [1.29, 1.82) is 0 Å². The number of carbonyl (C=O) groups excluding carboxylic acids is 1. The Kier molecular flexibility index (Phi) is 6.30. The number of fused-ring (bicyclic) bond motifs is 1. The number of methoxy groups -OCH3 is 1. The molecule has 0 fully saturated rings. The van der Waals surface area contributed by atoms with Crippen LogP contribution in [0.2, 0.25) is 0 Å². The molecule has 3 heterocycles. The molecule has 1 aromatic carbocycles. The van der Waals surface area contributed by atoms with Gasteiger partial charge in [-0.15, -0.1) is 0 Å². The van der Waals surface area contributed by atoms with Gasteiger partial charge in [0.15, 0.2) is 0 Å². The molecule has 0 aliphatic carbocycles. The number of anilines is 2. The molecular formula is C24H28N6O3. The predicted octanol–water partition coefficient (Wildman–Crippen LogP) is 2.26. The van der Waals surface area contributed by atoms with E-state index in [0.29, 0.717) is 43.3 Å². The van der Waals surface area contributed by atoms with Crippen LogP contribution in [0.5, 0.6) is 5.75 Å². The summed E-state index contributed by atoms with van der Waals surface area (Å²) in [7, 11) is 1.62. The Bertz CT molecular complexity index is 1250. The van der Waals surface area contributed by atoms with Gasteiger partial charge in [0.2, 0.25) is 5.91 Å². The molecule has 2 aromatic heterocycles. The van der Waals surface area contributed by atoms with Crippen LogP contribution in [-0.2, 0) is 24.3 Å². The highest BCUT2D eigenvalue weighted by Gasteiger charge is 2.31. The summed E-state index contributed by atoms with van der Waals surface area (Å²) >= 11 is 0. The molecule has 4 rings (SSSR count). The monoisotopic (exact) mass is 448 g/mol. The van der Waals surface area contributed by atoms with Crippen LogP contribution in [0.4, 0.5) is 11.5 Å². The minimum atomic E-state index is -0.600. The van der Waals surface area contributed by atoms with Crippen molar-refractivity contribution in [3.63, 3.8) is 0 Å². The Hall–Kier alpha value is -3.88. The number of nitrogen functional groups attached to an aromatic ring is 1. The SMILES string of the molecule is COc1ccc(C)cc1CNc1cnc2n(c1=O)[C@H](C(=O)NCc1ccc(N)nc1C)CC2. The van der Waals surface area contributed by atoms with E-state index in [2.05, 4.69) is 20.6 Å². The fraction of sp³-hybridized carbons (Fsp3) is 0.333. The normalized spacial score (nSPS) is 14.6. The molecule has 0 radical (unpaired) electrons. The van der Waals surface area contributed by atoms with Crippen molar-refractivity contribution in [2.75, 3.05) is 18.2 Å². The van der Waals surface area contributed by atoms with Gasteiger partial charge in [-0.1, -0.05) is 23.8 Å². The molecule has 172 valence electrons. The highest BCUT2D eigenvalue weighted by Crippen LogP contribution is 2.24. The molecule has 0 spiro atoms. The van der Waals surface area contributed by atoms with Crippen LogP contribution in [0, 0.1) is 13.8 Å². The first-order valence-electron chi connectivity index (χ1n) is 10.8. The van der Waals surface area contributed by atoms with Gasteiger partial charge in [-0.25, -0.2) is 9.97 Å². The number of hydrogen-bond acceptors (Lipinski definition) is 7. The summed E-state index contributed by atoms with van der Waals surface area (Å²) in [4.78, 5) is 34.8. The van der Waals surface area contributed by atoms with Gasteiger partial charge in [0.1, 0.15) is 29.1 Å². The van der Waals surface area contributed by atoms with Crippen molar-refractivity contribution in [2.24, 2.45) is 0 Å². The van der Waals surface area contributed by atoms with E-state index in [1.807, 2.05) is 38.1 Å². The van der Waals surface area contributed by atoms with Crippen LogP contribution in [0.3, 0.4) is 0 Å². The summed E-state index contributed by atoms with van der Waals surface area (Å²) < 4.78 is 6.92. The first-order chi connectivity index (χ1) is 15.9. The van der Waals surface area contributed by atoms with Gasteiger partial charge in [-0.2, -0.15) is 0 Å². The lowest BCUT2D eigenvalue weighted by atomic mass is 10.1. The van der Waals surface area contributed by atoms with Crippen LogP contribution < -0.4 is 26.7 Å². The van der Waals surface area contributed by atoms with E-state index in [1.54, 1.807) is 19.4 Å². The number of nitrogens with zero attached hydrogens (tertiary/aromatic N) is 3. The maximum Gasteiger partial charge on any atom is 0.277 e. The first-order valence-corrected chi connectivity index (χ1v) is 10.8. The number of amides is 1. The number of aryl methyl sites for hydroxylation is 3. The van der Waals surface area contributed by atoms with Gasteiger partial charge < -0.3 is 21.1 Å². The number of hydrogen-bond donors (Lipinski definition) is 3. The zero-order valence-corrected chi connectivity index (χ0v) is 19.0. The summed E-state index contributed by atoms with van der Waals surface area (Å²) in [6.07, 6.45) is 2.64. The molecule has 0 unspecified atom stereocenters. The lowest BCUT2D eigenvalue weighted by molar-refractivity contribution is -0.124. The van der Waals surface area contributed by atoms with Crippen LogP contribution in [0.25, 0.3) is 0 Å². The van der Waals surface area contributed by atoms with Gasteiger partial charge in [-0.3, -0.25) is 14.2 Å². The Labute approximate surface area is 192 Å². The molecule has 1 atom stereocenters. The van der Waals surface area contributed by atoms with Crippen molar-refractivity contribution in [3.8, 4) is 5.75 Å². The van der Waals surface area contributed by atoms with E-state index < -0.39 is 6.04 Å². The van der Waals surface area contributed by atoms with Crippen LogP contribution in [0.1, 0.15) is 40.7 Å². The van der Waals surface area contributed by atoms with Crippen LogP contribution >= 0.6 is 0 Å². The van der Waals surface area contributed by atoms with Crippen molar-refractivity contribution >= 4 is 17.4 Å². The van der Waals surface area contributed by atoms with E-state index in [4.69, 9.17) is 10.5 Å². The molecule has 4 N–H and O–H groups in total. The minimum absolute atomic E-state index is 0.216. The molecule has 0 saturated carbocycles. The molecule has 0 saturated heterocycles. The summed E-state index contributed by atoms with van der Waals surface area (Å²) in [6, 6.07) is 8.83. The van der Waals surface area contributed by atoms with Crippen LogP contribution in [0.15, 0.2) is 41.3 Å². The third-order valence-electron chi connectivity index (χ3n) is 5.90. The molecule has 3 aromatic rings. The van der Waals surface area contributed by atoms with E-state index in [1.165, 1.54) is 4.57 Å². The number of rotatable bonds is 7. The Balaban J connectivity index is 1.50. The Morgan fingerprint density at radius 1 is 1.21 bits per heavy atom. The predicted molar refractivity (Wildman–Crippen MR) is 126 cm³/mol. The minimum Gasteiger partial charge on any atom is -0.496 e. The highest BCUT2D eigenvalue weighted by molar-refractivity contribution is 5.81. The highest BCUT2D eigenvalue weighted by atomic mass is 16.5. The Morgan fingerprint density at radius 2 is 2.03 bits per heavy atom. The number of pyridine rings is 1. The zero-order valence-electron chi connectivity index (χ0n) is 19.0. The topological polar surface area (TPSA) is 124 Å². The standard InChI is InChI=1S/C24H28N6O3/c1-14-4-7-20(33-3)17(10-14)12-26-18-13-27-22-9-6-19(30(22)24(18)32)23(31)28-11-16-5-8-21(25)29-15(16)2/h4-5,7-8,10,13,19,26H,6,9,11-12H2,1-3H3,(H2,25,29)(H,28,31)/t19-/m0/s1. The quantitative estimate of drug-likeness (QED) is 0.506. The van der Waals surface area contributed by atoms with E-state index in [9.17, 15) is 9.59 Å². The Morgan fingerprint density at radius 3 is 2.79 bits per heavy atom. The molecule has 9 heteroatoms. The number of ether oxygens (including phenoxy) is 1. The van der Waals surface area contributed by atoms with Gasteiger partial charge in [0, 0.05) is 30.8 Å². The molecule has 0 bridgehead atoms.